The van der Waals surface area contributed by atoms with E-state index in [1.54, 1.807) is 0 Å². The van der Waals surface area contributed by atoms with Crippen molar-refractivity contribution in [2.75, 3.05) is 26.2 Å². The maximum atomic E-state index is 12.0. The van der Waals surface area contributed by atoms with Gasteiger partial charge >= 0.3 is 0 Å². The molecule has 0 radical (unpaired) electrons. The Morgan fingerprint density at radius 1 is 1.21 bits per heavy atom. The molecule has 1 aliphatic heterocycles. The summed E-state index contributed by atoms with van der Waals surface area (Å²) >= 11 is 0. The number of ether oxygens (including phenoxy) is 1. The maximum Gasteiger partial charge on any atom is 0.220 e. The molecule has 2 fully saturated rings. The lowest BCUT2D eigenvalue weighted by molar-refractivity contribution is -0.122. The topological polar surface area (TPSA) is 41.6 Å². The summed E-state index contributed by atoms with van der Waals surface area (Å²) in [5.74, 6) is 0.966. The first-order valence-corrected chi connectivity index (χ1v) is 9.44. The molecule has 1 atom stereocenters. The normalized spacial score (nSPS) is 22.6. The highest BCUT2D eigenvalue weighted by atomic mass is 16.5. The van der Waals surface area contributed by atoms with Crippen molar-refractivity contribution >= 4 is 5.91 Å². The third-order valence-electron chi connectivity index (χ3n) is 5.25. The van der Waals surface area contributed by atoms with Gasteiger partial charge in [-0.05, 0) is 17.9 Å². The molecule has 1 heterocycles. The highest BCUT2D eigenvalue weighted by Crippen LogP contribution is 2.28. The second-order valence-electron chi connectivity index (χ2n) is 7.21. The van der Waals surface area contributed by atoms with Gasteiger partial charge in [0.05, 0.1) is 12.7 Å². The van der Waals surface area contributed by atoms with Gasteiger partial charge < -0.3 is 10.1 Å². The molecule has 0 unspecified atom stereocenters. The average molecular weight is 330 g/mol. The molecule has 132 valence electrons. The summed E-state index contributed by atoms with van der Waals surface area (Å²) in [5, 5.41) is 3.07. The molecule has 1 aromatic carbocycles. The van der Waals surface area contributed by atoms with Gasteiger partial charge in [0.25, 0.3) is 0 Å². The van der Waals surface area contributed by atoms with E-state index in [9.17, 15) is 4.79 Å². The van der Waals surface area contributed by atoms with Gasteiger partial charge in [0.15, 0.2) is 0 Å². The van der Waals surface area contributed by atoms with Crippen LogP contribution >= 0.6 is 0 Å². The van der Waals surface area contributed by atoms with Gasteiger partial charge in [-0.3, -0.25) is 9.69 Å². The Kier molecular flexibility index (Phi) is 6.67. The van der Waals surface area contributed by atoms with E-state index in [-0.39, 0.29) is 12.0 Å². The van der Waals surface area contributed by atoms with Gasteiger partial charge in [-0.15, -0.1) is 0 Å². The molecule has 24 heavy (non-hydrogen) atoms. The number of carbonyl (C=O) groups is 1. The van der Waals surface area contributed by atoms with E-state index in [0.29, 0.717) is 13.0 Å². The Hall–Kier alpha value is -1.39. The van der Waals surface area contributed by atoms with Crippen LogP contribution in [0.2, 0.25) is 0 Å². The van der Waals surface area contributed by atoms with Crippen molar-refractivity contribution in [3.8, 4) is 0 Å². The minimum atomic E-state index is 0.109. The van der Waals surface area contributed by atoms with Gasteiger partial charge in [-0.1, -0.05) is 56.0 Å². The molecule has 1 aromatic rings. The third kappa shape index (κ3) is 5.60. The second-order valence-corrected chi connectivity index (χ2v) is 7.21. The number of carbonyl (C=O) groups excluding carboxylic acids is 1. The fraction of sp³-hybridized carbons (Fsp3) is 0.650. The summed E-state index contributed by atoms with van der Waals surface area (Å²) in [7, 11) is 0. The van der Waals surface area contributed by atoms with E-state index in [1.165, 1.54) is 31.2 Å². The molecule has 3 rings (SSSR count). The number of nitrogens with zero attached hydrogens (tertiary/aromatic N) is 1. The third-order valence-corrected chi connectivity index (χ3v) is 5.25. The standard InChI is InChI=1S/C20H30N2O2/c23-20(11-10-17-6-4-5-7-17)21-14-19-16-22(12-13-24-19)15-18-8-2-1-3-9-18/h1-3,8-9,17,19H,4-7,10-16H2,(H,21,23)/t19-/m0/s1. The quantitative estimate of drug-likeness (QED) is 0.836. The van der Waals surface area contributed by atoms with Crippen LogP contribution in [0.1, 0.15) is 44.1 Å². The highest BCUT2D eigenvalue weighted by Gasteiger charge is 2.21. The number of hydrogen-bond donors (Lipinski definition) is 1. The van der Waals surface area contributed by atoms with Gasteiger partial charge in [0.2, 0.25) is 5.91 Å². The first-order valence-electron chi connectivity index (χ1n) is 9.44. The smallest absolute Gasteiger partial charge is 0.220 e. The lowest BCUT2D eigenvalue weighted by Crippen LogP contribution is -2.47. The van der Waals surface area contributed by atoms with Crippen molar-refractivity contribution in [3.63, 3.8) is 0 Å². The van der Waals surface area contributed by atoms with Crippen molar-refractivity contribution in [2.45, 2.75) is 51.2 Å². The fourth-order valence-electron chi connectivity index (χ4n) is 3.84. The van der Waals surface area contributed by atoms with Gasteiger partial charge in [0, 0.05) is 32.6 Å². The van der Waals surface area contributed by atoms with Crippen molar-refractivity contribution in [1.82, 2.24) is 10.2 Å². The van der Waals surface area contributed by atoms with Crippen molar-refractivity contribution in [3.05, 3.63) is 35.9 Å². The molecule has 4 nitrogen and oxygen atoms in total. The van der Waals surface area contributed by atoms with Crippen molar-refractivity contribution in [1.29, 1.82) is 0 Å². The zero-order valence-corrected chi connectivity index (χ0v) is 14.6. The Balaban J connectivity index is 1.35. The van der Waals surface area contributed by atoms with Crippen LogP contribution in [0.3, 0.4) is 0 Å². The summed E-state index contributed by atoms with van der Waals surface area (Å²) in [5.41, 5.74) is 1.33. The first-order chi connectivity index (χ1) is 11.8. The molecule has 0 bridgehead atoms. The van der Waals surface area contributed by atoms with Gasteiger partial charge in [0.1, 0.15) is 0 Å². The summed E-state index contributed by atoms with van der Waals surface area (Å²) in [6.07, 6.45) is 7.15. The van der Waals surface area contributed by atoms with Crippen LogP contribution in [0.25, 0.3) is 0 Å². The van der Waals surface area contributed by atoms with Crippen molar-refractivity contribution in [2.24, 2.45) is 5.92 Å². The zero-order valence-electron chi connectivity index (χ0n) is 14.6. The Morgan fingerprint density at radius 3 is 2.79 bits per heavy atom. The molecule has 0 aromatic heterocycles. The largest absolute Gasteiger partial charge is 0.374 e. The molecule has 1 saturated heterocycles. The average Bonchev–Trinajstić information content (AvgIpc) is 3.13. The molecule has 1 saturated carbocycles. The van der Waals surface area contributed by atoms with Crippen LogP contribution in [0, 0.1) is 5.92 Å². The minimum absolute atomic E-state index is 0.109. The second kappa shape index (κ2) is 9.19. The fourth-order valence-corrected chi connectivity index (χ4v) is 3.84. The van der Waals surface area contributed by atoms with Gasteiger partial charge in [-0.25, -0.2) is 0 Å². The van der Waals surface area contributed by atoms with Crippen LogP contribution in [0.5, 0.6) is 0 Å². The van der Waals surface area contributed by atoms with E-state index in [0.717, 1.165) is 38.6 Å². The van der Waals surface area contributed by atoms with E-state index in [2.05, 4.69) is 34.5 Å². The zero-order chi connectivity index (χ0) is 16.6. The summed E-state index contributed by atoms with van der Waals surface area (Å²) in [6.45, 7) is 4.18. The lowest BCUT2D eigenvalue weighted by atomic mass is 10.0. The summed E-state index contributed by atoms with van der Waals surface area (Å²) < 4.78 is 5.82. The number of rotatable bonds is 7. The minimum Gasteiger partial charge on any atom is -0.374 e. The number of nitrogens with one attached hydrogen (secondary N) is 1. The van der Waals surface area contributed by atoms with Crippen LogP contribution < -0.4 is 5.32 Å². The van der Waals surface area contributed by atoms with Crippen LogP contribution in [0.15, 0.2) is 30.3 Å². The molecule has 2 aliphatic rings. The van der Waals surface area contributed by atoms with Crippen LogP contribution in [0.4, 0.5) is 0 Å². The molecular weight excluding hydrogens is 300 g/mol. The highest BCUT2D eigenvalue weighted by molar-refractivity contribution is 5.75. The molecular formula is C20H30N2O2. The summed E-state index contributed by atoms with van der Waals surface area (Å²) in [6, 6.07) is 10.5. The molecule has 1 N–H and O–H groups in total. The Morgan fingerprint density at radius 2 is 2.00 bits per heavy atom. The van der Waals surface area contributed by atoms with E-state index in [4.69, 9.17) is 4.74 Å². The van der Waals surface area contributed by atoms with E-state index in [1.807, 2.05) is 6.07 Å². The SMILES string of the molecule is O=C(CCC1CCCC1)NC[C@H]1CN(Cc2ccccc2)CCO1. The first kappa shape index (κ1) is 17.4. The summed E-state index contributed by atoms with van der Waals surface area (Å²) in [4.78, 5) is 14.4. The molecule has 1 aliphatic carbocycles. The van der Waals surface area contributed by atoms with Gasteiger partial charge in [-0.2, -0.15) is 0 Å². The van der Waals surface area contributed by atoms with Crippen molar-refractivity contribution < 1.29 is 9.53 Å². The Bertz CT molecular complexity index is 500. The molecule has 4 heteroatoms. The van der Waals surface area contributed by atoms with E-state index < -0.39 is 0 Å². The molecule has 1 amide bonds. The van der Waals surface area contributed by atoms with Crippen LogP contribution in [-0.4, -0.2) is 43.2 Å². The maximum absolute atomic E-state index is 12.0. The Labute approximate surface area is 145 Å². The predicted molar refractivity (Wildman–Crippen MR) is 95.7 cm³/mol. The molecule has 0 spiro atoms. The number of morpholine rings is 1. The predicted octanol–water partition coefficient (Wildman–Crippen LogP) is 2.97. The monoisotopic (exact) mass is 330 g/mol. The number of amides is 1. The lowest BCUT2D eigenvalue weighted by Gasteiger charge is -2.33. The number of hydrogen-bond acceptors (Lipinski definition) is 3. The van der Waals surface area contributed by atoms with E-state index >= 15 is 0 Å². The van der Waals surface area contributed by atoms with Crippen LogP contribution in [-0.2, 0) is 16.1 Å². The number of benzene rings is 1.